The maximum atomic E-state index is 13.9. The predicted molar refractivity (Wildman–Crippen MR) is 127 cm³/mol. The molecule has 1 saturated heterocycles. The molecule has 2 amide bonds. The zero-order chi connectivity index (χ0) is 23.8. The molecule has 0 radical (unpaired) electrons. The van der Waals surface area contributed by atoms with Crippen LogP contribution >= 0.6 is 0 Å². The van der Waals surface area contributed by atoms with E-state index in [1.54, 1.807) is 29.2 Å². The van der Waals surface area contributed by atoms with Crippen LogP contribution < -0.4 is 5.32 Å². The van der Waals surface area contributed by atoms with E-state index in [-0.39, 0.29) is 35.1 Å². The molecule has 0 aromatic heterocycles. The number of amides is 2. The van der Waals surface area contributed by atoms with Gasteiger partial charge in [-0.25, -0.2) is 8.42 Å². The average molecular weight is 469 g/mol. The Morgan fingerprint density at radius 2 is 1.55 bits per heavy atom. The molecule has 0 spiro atoms. The van der Waals surface area contributed by atoms with E-state index < -0.39 is 21.9 Å². The highest BCUT2D eigenvalue weighted by Gasteiger charge is 2.47. The number of rotatable bonds is 7. The molecule has 7 heteroatoms. The summed E-state index contributed by atoms with van der Waals surface area (Å²) in [4.78, 5) is 29.1. The van der Waals surface area contributed by atoms with Crippen molar-refractivity contribution in [1.82, 2.24) is 10.2 Å². The number of nitrogens with one attached hydrogen (secondary N) is 1. The molecule has 1 N–H and O–H groups in total. The SMILES string of the molecule is CCC(CC)[C@H]1C(=O)N[C@@H](C2Cc3ccccc3C2)C(=O)N1Cc1ccccc1S(C)(=O)=O. The van der Waals surface area contributed by atoms with Crippen LogP contribution in [0.3, 0.4) is 0 Å². The van der Waals surface area contributed by atoms with Crippen LogP contribution in [0.2, 0.25) is 0 Å². The maximum absolute atomic E-state index is 13.9. The second kappa shape index (κ2) is 9.29. The fourth-order valence-corrected chi connectivity index (χ4v) is 6.40. The summed E-state index contributed by atoms with van der Waals surface area (Å²) in [6.07, 6.45) is 4.18. The van der Waals surface area contributed by atoms with Gasteiger partial charge < -0.3 is 10.2 Å². The van der Waals surface area contributed by atoms with E-state index in [0.717, 1.165) is 25.7 Å². The Morgan fingerprint density at radius 3 is 2.12 bits per heavy atom. The van der Waals surface area contributed by atoms with Gasteiger partial charge in [-0.3, -0.25) is 9.59 Å². The molecule has 1 aliphatic heterocycles. The smallest absolute Gasteiger partial charge is 0.246 e. The van der Waals surface area contributed by atoms with Crippen LogP contribution in [0, 0.1) is 11.8 Å². The first kappa shape index (κ1) is 23.5. The number of benzene rings is 2. The van der Waals surface area contributed by atoms with Crippen molar-refractivity contribution in [1.29, 1.82) is 0 Å². The lowest BCUT2D eigenvalue weighted by molar-refractivity contribution is -0.154. The third-order valence-electron chi connectivity index (χ3n) is 7.21. The topological polar surface area (TPSA) is 83.6 Å². The Bertz CT molecular complexity index is 1130. The highest BCUT2D eigenvalue weighted by Crippen LogP contribution is 2.33. The molecule has 4 rings (SSSR count). The summed E-state index contributed by atoms with van der Waals surface area (Å²) in [7, 11) is -3.47. The Kier molecular flexibility index (Phi) is 6.61. The van der Waals surface area contributed by atoms with Crippen molar-refractivity contribution < 1.29 is 18.0 Å². The molecule has 2 atom stereocenters. The van der Waals surface area contributed by atoms with Gasteiger partial charge in [-0.05, 0) is 47.4 Å². The van der Waals surface area contributed by atoms with E-state index in [0.29, 0.717) is 5.56 Å². The van der Waals surface area contributed by atoms with Crippen molar-refractivity contribution in [2.75, 3.05) is 6.26 Å². The fourth-order valence-electron chi connectivity index (χ4n) is 5.47. The minimum absolute atomic E-state index is 0.000992. The number of fused-ring (bicyclic) bond motifs is 1. The number of hydrogen-bond acceptors (Lipinski definition) is 4. The average Bonchev–Trinajstić information content (AvgIpc) is 3.22. The molecule has 1 aliphatic carbocycles. The molecular weight excluding hydrogens is 436 g/mol. The first-order valence-corrected chi connectivity index (χ1v) is 13.6. The summed E-state index contributed by atoms with van der Waals surface area (Å²) < 4.78 is 24.8. The minimum Gasteiger partial charge on any atom is -0.342 e. The highest BCUT2D eigenvalue weighted by molar-refractivity contribution is 7.90. The molecule has 1 fully saturated rings. The van der Waals surface area contributed by atoms with Crippen LogP contribution in [0.25, 0.3) is 0 Å². The van der Waals surface area contributed by atoms with Gasteiger partial charge in [0.25, 0.3) is 0 Å². The zero-order valence-corrected chi connectivity index (χ0v) is 20.3. The van der Waals surface area contributed by atoms with E-state index in [4.69, 9.17) is 0 Å². The molecule has 2 aliphatic rings. The molecule has 33 heavy (non-hydrogen) atoms. The fraction of sp³-hybridized carbons (Fsp3) is 0.462. The molecule has 2 aromatic rings. The van der Waals surface area contributed by atoms with Gasteiger partial charge in [-0.2, -0.15) is 0 Å². The van der Waals surface area contributed by atoms with Crippen molar-refractivity contribution >= 4 is 21.7 Å². The summed E-state index contributed by atoms with van der Waals surface area (Å²) >= 11 is 0. The number of hydrogen-bond donors (Lipinski definition) is 1. The van der Waals surface area contributed by atoms with Crippen LogP contribution in [0.15, 0.2) is 53.4 Å². The monoisotopic (exact) mass is 468 g/mol. The number of carbonyl (C=O) groups is 2. The summed E-state index contributed by atoms with van der Waals surface area (Å²) in [5.41, 5.74) is 2.99. The number of piperazine rings is 1. The standard InChI is InChI=1S/C26H32N2O4S/c1-4-17(5-2)24-25(29)27-23(21-14-18-10-6-7-11-19(18)15-21)26(30)28(24)16-20-12-8-9-13-22(20)33(3,31)32/h6-13,17,21,23-24H,4-5,14-16H2,1-3H3,(H,27,29)/t23-,24-/m0/s1. The lowest BCUT2D eigenvalue weighted by atomic mass is 9.86. The molecule has 0 unspecified atom stereocenters. The third-order valence-corrected chi connectivity index (χ3v) is 8.41. The van der Waals surface area contributed by atoms with Gasteiger partial charge in [0.1, 0.15) is 12.1 Å². The zero-order valence-electron chi connectivity index (χ0n) is 19.5. The lowest BCUT2D eigenvalue weighted by Crippen LogP contribution is -2.66. The Morgan fingerprint density at radius 1 is 0.970 bits per heavy atom. The largest absolute Gasteiger partial charge is 0.342 e. The molecule has 6 nitrogen and oxygen atoms in total. The summed E-state index contributed by atoms with van der Waals surface area (Å²) in [6.45, 7) is 4.15. The van der Waals surface area contributed by atoms with Gasteiger partial charge in [0, 0.05) is 12.8 Å². The predicted octanol–water partition coefficient (Wildman–Crippen LogP) is 3.14. The Balaban J connectivity index is 1.69. The van der Waals surface area contributed by atoms with Crippen LogP contribution in [-0.4, -0.2) is 43.5 Å². The van der Waals surface area contributed by atoms with E-state index in [2.05, 4.69) is 17.4 Å². The van der Waals surface area contributed by atoms with Gasteiger partial charge in [0.15, 0.2) is 9.84 Å². The summed E-state index contributed by atoms with van der Waals surface area (Å²) in [5.74, 6) is -0.260. The molecule has 176 valence electrons. The molecule has 0 bridgehead atoms. The van der Waals surface area contributed by atoms with Gasteiger partial charge in [0.2, 0.25) is 11.8 Å². The summed E-state index contributed by atoms with van der Waals surface area (Å²) in [6, 6.07) is 13.7. The highest BCUT2D eigenvalue weighted by atomic mass is 32.2. The Hall–Kier alpha value is -2.67. The van der Waals surface area contributed by atoms with Crippen LogP contribution in [0.5, 0.6) is 0 Å². The van der Waals surface area contributed by atoms with Crippen molar-refractivity contribution in [2.45, 2.75) is 63.1 Å². The first-order chi connectivity index (χ1) is 15.7. The van der Waals surface area contributed by atoms with E-state index >= 15 is 0 Å². The third kappa shape index (κ3) is 4.56. The van der Waals surface area contributed by atoms with E-state index in [1.165, 1.54) is 17.4 Å². The first-order valence-electron chi connectivity index (χ1n) is 11.7. The van der Waals surface area contributed by atoms with Gasteiger partial charge in [0.05, 0.1) is 4.90 Å². The van der Waals surface area contributed by atoms with Crippen molar-refractivity contribution in [3.63, 3.8) is 0 Å². The van der Waals surface area contributed by atoms with E-state index in [1.807, 2.05) is 26.0 Å². The Labute approximate surface area is 196 Å². The van der Waals surface area contributed by atoms with Crippen molar-refractivity contribution in [3.05, 3.63) is 65.2 Å². The van der Waals surface area contributed by atoms with Crippen molar-refractivity contribution in [2.24, 2.45) is 11.8 Å². The van der Waals surface area contributed by atoms with Gasteiger partial charge >= 0.3 is 0 Å². The van der Waals surface area contributed by atoms with Crippen molar-refractivity contribution in [3.8, 4) is 0 Å². The normalized spacial score (nSPS) is 21.4. The molecular formula is C26H32N2O4S. The van der Waals surface area contributed by atoms with Crippen LogP contribution in [0.1, 0.15) is 43.4 Å². The van der Waals surface area contributed by atoms with E-state index in [9.17, 15) is 18.0 Å². The number of sulfone groups is 1. The number of carbonyl (C=O) groups excluding carboxylic acids is 2. The van der Waals surface area contributed by atoms with Crippen LogP contribution in [-0.2, 0) is 38.8 Å². The summed E-state index contributed by atoms with van der Waals surface area (Å²) in [5, 5.41) is 3.05. The lowest BCUT2D eigenvalue weighted by Gasteiger charge is -2.44. The van der Waals surface area contributed by atoms with Gasteiger partial charge in [-0.15, -0.1) is 0 Å². The second-order valence-corrected chi connectivity index (χ2v) is 11.3. The number of nitrogens with zero attached hydrogens (tertiary/aromatic N) is 1. The quantitative estimate of drug-likeness (QED) is 0.677. The van der Waals surface area contributed by atoms with Gasteiger partial charge in [-0.1, -0.05) is 69.2 Å². The maximum Gasteiger partial charge on any atom is 0.246 e. The molecule has 1 heterocycles. The second-order valence-electron chi connectivity index (χ2n) is 9.29. The molecule has 2 aromatic carbocycles. The molecule has 0 saturated carbocycles. The van der Waals surface area contributed by atoms with Crippen LogP contribution in [0.4, 0.5) is 0 Å². The minimum atomic E-state index is -3.47.